The van der Waals surface area contributed by atoms with E-state index in [1.807, 2.05) is 32.0 Å². The van der Waals surface area contributed by atoms with Gasteiger partial charge in [0.25, 0.3) is 0 Å². The highest BCUT2D eigenvalue weighted by Gasteiger charge is 2.19. The van der Waals surface area contributed by atoms with Crippen molar-refractivity contribution in [3.63, 3.8) is 0 Å². The van der Waals surface area contributed by atoms with Crippen LogP contribution in [0.2, 0.25) is 0 Å². The average molecular weight is 219 g/mol. The molecule has 0 aliphatic carbocycles. The summed E-state index contributed by atoms with van der Waals surface area (Å²) in [6.45, 7) is 3.97. The maximum atomic E-state index is 5.89. The number of hydrogen-bond acceptors (Lipinski definition) is 4. The Kier molecular flexibility index (Phi) is 2.31. The highest BCUT2D eigenvalue weighted by Crippen LogP contribution is 2.32. The Morgan fingerprint density at radius 3 is 2.73 bits per heavy atom. The molecule has 0 atom stereocenters. The van der Waals surface area contributed by atoms with Crippen molar-refractivity contribution in [2.24, 2.45) is 0 Å². The van der Waals surface area contributed by atoms with Crippen LogP contribution < -0.4 is 5.73 Å². The predicted octanol–water partition coefficient (Wildman–Crippen LogP) is 2.38. The van der Waals surface area contributed by atoms with Gasteiger partial charge in [-0.3, -0.25) is 4.98 Å². The van der Waals surface area contributed by atoms with Gasteiger partial charge in [-0.15, -0.1) is 0 Å². The molecule has 4 heteroatoms. The first-order valence-corrected chi connectivity index (χ1v) is 5.17. The van der Waals surface area contributed by atoms with E-state index in [2.05, 4.69) is 22.6 Å². The first-order chi connectivity index (χ1) is 6.98. The van der Waals surface area contributed by atoms with E-state index in [1.54, 1.807) is 6.20 Å². The van der Waals surface area contributed by atoms with Gasteiger partial charge < -0.3 is 5.73 Å². The topological polar surface area (TPSA) is 51.8 Å². The van der Waals surface area contributed by atoms with Crippen molar-refractivity contribution >= 4 is 29.5 Å². The number of nitrogen functional groups attached to an aromatic ring is 1. The molecule has 0 saturated heterocycles. The SMILES string of the molecule is CC(C)(S)c1cc2ncccc2nc1N. The second kappa shape index (κ2) is 3.38. The quantitative estimate of drug-likeness (QED) is 0.724. The highest BCUT2D eigenvalue weighted by atomic mass is 32.1. The van der Waals surface area contributed by atoms with Crippen molar-refractivity contribution in [2.75, 3.05) is 5.73 Å². The van der Waals surface area contributed by atoms with E-state index in [-0.39, 0.29) is 4.75 Å². The minimum absolute atomic E-state index is 0.303. The van der Waals surface area contributed by atoms with Crippen molar-refractivity contribution < 1.29 is 0 Å². The lowest BCUT2D eigenvalue weighted by atomic mass is 10.0. The molecule has 0 spiro atoms. The maximum absolute atomic E-state index is 5.89. The molecular weight excluding hydrogens is 206 g/mol. The molecule has 2 heterocycles. The summed E-state index contributed by atoms with van der Waals surface area (Å²) in [6, 6.07) is 5.69. The number of aromatic nitrogens is 2. The Morgan fingerprint density at radius 1 is 1.33 bits per heavy atom. The standard InChI is InChI=1S/C11H13N3S/c1-11(2,15)7-6-9-8(14-10(7)12)4-3-5-13-9/h3-6,15H,1-2H3,(H2,12,14). The Balaban J connectivity index is 2.73. The molecule has 0 aliphatic rings. The zero-order chi connectivity index (χ0) is 11.1. The largest absolute Gasteiger partial charge is 0.383 e. The summed E-state index contributed by atoms with van der Waals surface area (Å²) in [5.74, 6) is 0.524. The van der Waals surface area contributed by atoms with Crippen LogP contribution in [0, 0.1) is 0 Å². The van der Waals surface area contributed by atoms with E-state index >= 15 is 0 Å². The van der Waals surface area contributed by atoms with Crippen LogP contribution in [0.3, 0.4) is 0 Å². The van der Waals surface area contributed by atoms with Crippen LogP contribution in [0.25, 0.3) is 11.0 Å². The van der Waals surface area contributed by atoms with Crippen molar-refractivity contribution in [3.8, 4) is 0 Å². The van der Waals surface area contributed by atoms with Crippen molar-refractivity contribution in [1.29, 1.82) is 0 Å². The van der Waals surface area contributed by atoms with E-state index in [4.69, 9.17) is 5.73 Å². The Labute approximate surface area is 94.1 Å². The van der Waals surface area contributed by atoms with Crippen LogP contribution in [0.15, 0.2) is 24.4 Å². The van der Waals surface area contributed by atoms with Gasteiger partial charge in [0.2, 0.25) is 0 Å². The number of rotatable bonds is 1. The van der Waals surface area contributed by atoms with Crippen molar-refractivity contribution in [1.82, 2.24) is 9.97 Å². The summed E-state index contributed by atoms with van der Waals surface area (Å²) in [5, 5.41) is 0. The lowest BCUT2D eigenvalue weighted by Crippen LogP contribution is -2.12. The molecule has 0 fully saturated rings. The molecule has 3 nitrogen and oxygen atoms in total. The predicted molar refractivity (Wildman–Crippen MR) is 66.0 cm³/mol. The third kappa shape index (κ3) is 1.90. The van der Waals surface area contributed by atoms with E-state index in [1.165, 1.54) is 0 Å². The number of anilines is 1. The lowest BCUT2D eigenvalue weighted by Gasteiger charge is -2.19. The minimum atomic E-state index is -0.303. The number of nitrogens with two attached hydrogens (primary N) is 1. The maximum Gasteiger partial charge on any atom is 0.128 e. The number of fused-ring (bicyclic) bond motifs is 1. The van der Waals surface area contributed by atoms with Gasteiger partial charge in [-0.1, -0.05) is 0 Å². The average Bonchev–Trinajstić information content (AvgIpc) is 2.15. The molecule has 2 N–H and O–H groups in total. The molecule has 0 aromatic carbocycles. The lowest BCUT2D eigenvalue weighted by molar-refractivity contribution is 0.791. The number of hydrogen-bond donors (Lipinski definition) is 2. The molecule has 0 unspecified atom stereocenters. The molecule has 0 bridgehead atoms. The van der Waals surface area contributed by atoms with E-state index in [0.717, 1.165) is 16.6 Å². The van der Waals surface area contributed by atoms with Crippen LogP contribution in [0.5, 0.6) is 0 Å². The van der Waals surface area contributed by atoms with Crippen LogP contribution in [0.4, 0.5) is 5.82 Å². The Hall–Kier alpha value is -1.29. The Morgan fingerprint density at radius 2 is 2.07 bits per heavy atom. The number of nitrogens with zero attached hydrogens (tertiary/aromatic N) is 2. The van der Waals surface area contributed by atoms with Gasteiger partial charge in [0.05, 0.1) is 11.0 Å². The van der Waals surface area contributed by atoms with Gasteiger partial charge in [-0.2, -0.15) is 12.6 Å². The van der Waals surface area contributed by atoms with Crippen LogP contribution >= 0.6 is 12.6 Å². The van der Waals surface area contributed by atoms with Crippen LogP contribution in [-0.2, 0) is 4.75 Å². The summed E-state index contributed by atoms with van der Waals surface area (Å²) < 4.78 is -0.303. The number of thiol groups is 1. The van der Waals surface area contributed by atoms with E-state index in [0.29, 0.717) is 5.82 Å². The van der Waals surface area contributed by atoms with Gasteiger partial charge in [0, 0.05) is 16.5 Å². The number of pyridine rings is 2. The Bertz CT molecular complexity index is 503. The first-order valence-electron chi connectivity index (χ1n) is 4.72. The normalized spacial score (nSPS) is 11.9. The summed E-state index contributed by atoms with van der Waals surface area (Å²) >= 11 is 4.49. The molecule has 2 rings (SSSR count). The molecule has 0 aliphatic heterocycles. The van der Waals surface area contributed by atoms with Gasteiger partial charge in [0.15, 0.2) is 0 Å². The molecule has 2 aromatic rings. The van der Waals surface area contributed by atoms with Crippen molar-refractivity contribution in [3.05, 3.63) is 30.0 Å². The minimum Gasteiger partial charge on any atom is -0.383 e. The molecule has 78 valence electrons. The highest BCUT2D eigenvalue weighted by molar-refractivity contribution is 7.81. The fourth-order valence-electron chi connectivity index (χ4n) is 1.51. The van der Waals surface area contributed by atoms with Gasteiger partial charge in [0.1, 0.15) is 5.82 Å². The van der Waals surface area contributed by atoms with Gasteiger partial charge in [-0.25, -0.2) is 4.98 Å². The summed E-state index contributed by atoms with van der Waals surface area (Å²) in [7, 11) is 0. The van der Waals surface area contributed by atoms with Gasteiger partial charge >= 0.3 is 0 Å². The van der Waals surface area contributed by atoms with Crippen LogP contribution in [-0.4, -0.2) is 9.97 Å². The third-order valence-electron chi connectivity index (χ3n) is 2.27. The molecule has 2 aromatic heterocycles. The summed E-state index contributed by atoms with van der Waals surface area (Å²) in [4.78, 5) is 8.55. The molecule has 0 saturated carbocycles. The fraction of sp³-hybridized carbons (Fsp3) is 0.273. The van der Waals surface area contributed by atoms with Gasteiger partial charge in [-0.05, 0) is 32.0 Å². The first kappa shape index (κ1) is 10.2. The smallest absolute Gasteiger partial charge is 0.128 e. The van der Waals surface area contributed by atoms with E-state index in [9.17, 15) is 0 Å². The summed E-state index contributed by atoms with van der Waals surface area (Å²) in [5.41, 5.74) is 8.47. The zero-order valence-corrected chi connectivity index (χ0v) is 9.62. The molecule has 0 radical (unpaired) electrons. The fourth-order valence-corrected chi connectivity index (χ4v) is 1.68. The zero-order valence-electron chi connectivity index (χ0n) is 8.73. The monoisotopic (exact) mass is 219 g/mol. The molecule has 0 amide bonds. The summed E-state index contributed by atoms with van der Waals surface area (Å²) in [6.07, 6.45) is 1.75. The molecule has 15 heavy (non-hydrogen) atoms. The van der Waals surface area contributed by atoms with Crippen molar-refractivity contribution in [2.45, 2.75) is 18.6 Å². The van der Waals surface area contributed by atoms with Crippen LogP contribution in [0.1, 0.15) is 19.4 Å². The third-order valence-corrected chi connectivity index (χ3v) is 2.51. The molecular formula is C11H13N3S. The van der Waals surface area contributed by atoms with E-state index < -0.39 is 0 Å². The second-order valence-electron chi connectivity index (χ2n) is 4.02. The second-order valence-corrected chi connectivity index (χ2v) is 5.14.